The summed E-state index contributed by atoms with van der Waals surface area (Å²) in [6, 6.07) is 26.1. The number of nitrogens with one attached hydrogen (secondary N) is 2. The second-order valence-corrected chi connectivity index (χ2v) is 8.95. The van der Waals surface area contributed by atoms with E-state index >= 15 is 0 Å². The van der Waals surface area contributed by atoms with E-state index in [-0.39, 0.29) is 18.5 Å². The van der Waals surface area contributed by atoms with E-state index in [1.165, 1.54) is 11.3 Å². The molecular formula is C26H23ClN4O2S. The lowest BCUT2D eigenvalue weighted by Gasteiger charge is -2.22. The minimum absolute atomic E-state index is 0.244. The zero-order valence-corrected chi connectivity index (χ0v) is 19.9. The number of rotatable bonds is 8. The molecule has 0 unspecified atom stereocenters. The minimum atomic E-state index is -0.267. The van der Waals surface area contributed by atoms with Crippen molar-refractivity contribution in [3.63, 3.8) is 0 Å². The second-order valence-electron chi connectivity index (χ2n) is 7.57. The maximum atomic E-state index is 13.1. The van der Waals surface area contributed by atoms with Crippen LogP contribution in [0.4, 0.5) is 10.5 Å². The molecule has 0 atom stereocenters. The van der Waals surface area contributed by atoms with Gasteiger partial charge in [0.15, 0.2) is 0 Å². The van der Waals surface area contributed by atoms with Crippen molar-refractivity contribution in [1.82, 2.24) is 15.2 Å². The van der Waals surface area contributed by atoms with Crippen LogP contribution in [-0.2, 0) is 19.6 Å². The van der Waals surface area contributed by atoms with Gasteiger partial charge in [-0.05, 0) is 35.4 Å². The number of aromatic nitrogens is 1. The molecular weight excluding hydrogens is 468 g/mol. The van der Waals surface area contributed by atoms with E-state index in [0.717, 1.165) is 11.1 Å². The molecule has 3 aromatic carbocycles. The van der Waals surface area contributed by atoms with Crippen molar-refractivity contribution >= 4 is 40.6 Å². The summed E-state index contributed by atoms with van der Waals surface area (Å²) in [5.74, 6) is -0.244. The van der Waals surface area contributed by atoms with Gasteiger partial charge in [-0.1, -0.05) is 72.3 Å². The van der Waals surface area contributed by atoms with Crippen molar-refractivity contribution in [3.05, 3.63) is 117 Å². The average Bonchev–Trinajstić information content (AvgIpc) is 3.33. The first-order valence-electron chi connectivity index (χ1n) is 10.7. The summed E-state index contributed by atoms with van der Waals surface area (Å²) in [4.78, 5) is 31.8. The lowest BCUT2D eigenvalue weighted by molar-refractivity contribution is 0.0946. The SMILES string of the molecule is O=C(NCc1ccccc1)c1csc(CN(Cc2ccccc2)C(=O)Nc2ccc(Cl)cc2)n1. The van der Waals surface area contributed by atoms with E-state index in [9.17, 15) is 9.59 Å². The van der Waals surface area contributed by atoms with Gasteiger partial charge in [0.1, 0.15) is 10.7 Å². The van der Waals surface area contributed by atoms with Crippen molar-refractivity contribution < 1.29 is 9.59 Å². The number of carbonyl (C=O) groups excluding carboxylic acids is 2. The van der Waals surface area contributed by atoms with E-state index in [4.69, 9.17) is 11.6 Å². The molecule has 1 heterocycles. The summed E-state index contributed by atoms with van der Waals surface area (Å²) in [6.45, 7) is 1.09. The lowest BCUT2D eigenvalue weighted by Crippen LogP contribution is -2.34. The van der Waals surface area contributed by atoms with Crippen LogP contribution in [0.1, 0.15) is 26.6 Å². The average molecular weight is 491 g/mol. The second kappa shape index (κ2) is 11.4. The number of halogens is 1. The molecule has 0 saturated heterocycles. The lowest BCUT2D eigenvalue weighted by atomic mass is 10.2. The van der Waals surface area contributed by atoms with Crippen molar-refractivity contribution in [3.8, 4) is 0 Å². The standard InChI is InChI=1S/C26H23ClN4O2S/c27-21-11-13-22(14-12-21)29-26(33)31(16-20-9-5-2-6-10-20)17-24-30-23(18-34-24)25(32)28-15-19-7-3-1-4-8-19/h1-14,18H,15-17H2,(H,28,32)(H,29,33). The summed E-state index contributed by atoms with van der Waals surface area (Å²) in [6.07, 6.45) is 0. The number of nitrogens with zero attached hydrogens (tertiary/aromatic N) is 2. The van der Waals surface area contributed by atoms with Gasteiger partial charge in [0, 0.05) is 29.2 Å². The van der Waals surface area contributed by atoms with Gasteiger partial charge in [0.25, 0.3) is 5.91 Å². The van der Waals surface area contributed by atoms with E-state index in [1.807, 2.05) is 60.7 Å². The molecule has 3 amide bonds. The molecule has 2 N–H and O–H groups in total. The normalized spacial score (nSPS) is 10.5. The summed E-state index contributed by atoms with van der Waals surface area (Å²) < 4.78 is 0. The Morgan fingerprint density at radius 3 is 2.18 bits per heavy atom. The topological polar surface area (TPSA) is 74.3 Å². The largest absolute Gasteiger partial charge is 0.347 e. The number of amides is 3. The maximum absolute atomic E-state index is 13.1. The van der Waals surface area contributed by atoms with E-state index in [1.54, 1.807) is 34.5 Å². The quantitative estimate of drug-likeness (QED) is 0.320. The summed E-state index contributed by atoms with van der Waals surface area (Å²) >= 11 is 7.30. The molecule has 0 saturated carbocycles. The van der Waals surface area contributed by atoms with Crippen LogP contribution in [-0.4, -0.2) is 21.8 Å². The molecule has 0 aliphatic rings. The predicted octanol–water partition coefficient (Wildman–Crippen LogP) is 5.96. The zero-order valence-electron chi connectivity index (χ0n) is 18.3. The maximum Gasteiger partial charge on any atom is 0.322 e. The van der Waals surface area contributed by atoms with Gasteiger partial charge >= 0.3 is 6.03 Å². The molecule has 1 aromatic heterocycles. The van der Waals surface area contributed by atoms with Gasteiger partial charge in [-0.3, -0.25) is 4.79 Å². The smallest absolute Gasteiger partial charge is 0.322 e. The van der Waals surface area contributed by atoms with E-state index in [2.05, 4.69) is 15.6 Å². The van der Waals surface area contributed by atoms with Gasteiger partial charge < -0.3 is 15.5 Å². The Kier molecular flexibility index (Phi) is 7.91. The van der Waals surface area contributed by atoms with Crippen molar-refractivity contribution in [2.24, 2.45) is 0 Å². The highest BCUT2D eigenvalue weighted by molar-refractivity contribution is 7.09. The third-order valence-corrected chi connectivity index (χ3v) is 6.09. The molecule has 0 aliphatic heterocycles. The molecule has 0 spiro atoms. The molecule has 4 rings (SSSR count). The monoisotopic (exact) mass is 490 g/mol. The Hall–Kier alpha value is -3.68. The summed E-state index contributed by atoms with van der Waals surface area (Å²) in [7, 11) is 0. The predicted molar refractivity (Wildman–Crippen MR) is 136 cm³/mol. The number of benzene rings is 3. The number of thiazole rings is 1. The number of urea groups is 1. The molecule has 8 heteroatoms. The first kappa shape index (κ1) is 23.5. The van der Waals surface area contributed by atoms with Crippen LogP contribution in [0.5, 0.6) is 0 Å². The highest BCUT2D eigenvalue weighted by Crippen LogP contribution is 2.18. The Bertz CT molecular complexity index is 1230. The van der Waals surface area contributed by atoms with Crippen LogP contribution in [0.2, 0.25) is 5.02 Å². The van der Waals surface area contributed by atoms with Crippen LogP contribution in [0, 0.1) is 0 Å². The molecule has 0 bridgehead atoms. The third kappa shape index (κ3) is 6.66. The fourth-order valence-corrected chi connectivity index (χ4v) is 4.17. The first-order chi connectivity index (χ1) is 16.6. The number of anilines is 1. The fourth-order valence-electron chi connectivity index (χ4n) is 3.26. The molecule has 172 valence electrons. The molecule has 0 fully saturated rings. The van der Waals surface area contributed by atoms with Crippen molar-refractivity contribution in [2.75, 3.05) is 5.32 Å². The Morgan fingerprint density at radius 2 is 1.50 bits per heavy atom. The summed E-state index contributed by atoms with van der Waals surface area (Å²) in [5, 5.41) is 8.77. The zero-order chi connectivity index (χ0) is 23.8. The van der Waals surface area contributed by atoms with Crippen LogP contribution >= 0.6 is 22.9 Å². The van der Waals surface area contributed by atoms with Crippen LogP contribution in [0.25, 0.3) is 0 Å². The van der Waals surface area contributed by atoms with Crippen LogP contribution < -0.4 is 10.6 Å². The van der Waals surface area contributed by atoms with E-state index in [0.29, 0.717) is 34.5 Å². The van der Waals surface area contributed by atoms with Crippen LogP contribution in [0.15, 0.2) is 90.3 Å². The molecule has 4 aromatic rings. The number of carbonyl (C=O) groups is 2. The van der Waals surface area contributed by atoms with E-state index < -0.39 is 0 Å². The van der Waals surface area contributed by atoms with Crippen LogP contribution in [0.3, 0.4) is 0 Å². The fraction of sp³-hybridized carbons (Fsp3) is 0.115. The Balaban J connectivity index is 1.44. The molecule has 6 nitrogen and oxygen atoms in total. The van der Waals surface area contributed by atoms with Crippen molar-refractivity contribution in [1.29, 1.82) is 0 Å². The van der Waals surface area contributed by atoms with Gasteiger partial charge in [-0.15, -0.1) is 11.3 Å². The molecule has 0 radical (unpaired) electrons. The first-order valence-corrected chi connectivity index (χ1v) is 11.9. The minimum Gasteiger partial charge on any atom is -0.347 e. The number of hydrogen-bond acceptors (Lipinski definition) is 4. The molecule has 0 aliphatic carbocycles. The summed E-state index contributed by atoms with van der Waals surface area (Å²) in [5.41, 5.74) is 2.99. The van der Waals surface area contributed by atoms with Gasteiger partial charge in [0.05, 0.1) is 6.54 Å². The van der Waals surface area contributed by atoms with Gasteiger partial charge in [0.2, 0.25) is 0 Å². The highest BCUT2D eigenvalue weighted by Gasteiger charge is 2.18. The van der Waals surface area contributed by atoms with Crippen molar-refractivity contribution in [2.45, 2.75) is 19.6 Å². The third-order valence-electron chi connectivity index (χ3n) is 5.01. The molecule has 34 heavy (non-hydrogen) atoms. The number of hydrogen-bond donors (Lipinski definition) is 2. The Morgan fingerprint density at radius 1 is 0.853 bits per heavy atom. The van der Waals surface area contributed by atoms with Gasteiger partial charge in [-0.2, -0.15) is 0 Å². The van der Waals surface area contributed by atoms with Gasteiger partial charge in [-0.25, -0.2) is 9.78 Å². The Labute approximate surface area is 207 Å². The highest BCUT2D eigenvalue weighted by atomic mass is 35.5.